The monoisotopic (exact) mass is 190 g/mol. The predicted octanol–water partition coefficient (Wildman–Crippen LogP) is 2.40. The summed E-state index contributed by atoms with van der Waals surface area (Å²) in [5, 5.41) is 0. The van der Waals surface area contributed by atoms with Crippen LogP contribution in [-0.4, -0.2) is 11.8 Å². The highest BCUT2D eigenvalue weighted by atomic mass is 14.9. The van der Waals surface area contributed by atoms with Crippen LogP contribution < -0.4 is 5.73 Å². The summed E-state index contributed by atoms with van der Waals surface area (Å²) in [5.74, 6) is 0.598. The number of rotatable bonds is 0. The molecule has 14 heavy (non-hydrogen) atoms. The summed E-state index contributed by atoms with van der Waals surface area (Å²) in [6, 6.07) is 0.542. The zero-order valence-electron chi connectivity index (χ0n) is 8.63. The summed E-state index contributed by atoms with van der Waals surface area (Å²) in [6.07, 6.45) is 8.88. The van der Waals surface area contributed by atoms with Crippen molar-refractivity contribution < 1.29 is 0 Å². The van der Waals surface area contributed by atoms with Crippen molar-refractivity contribution in [1.82, 2.24) is 0 Å². The molecule has 2 fully saturated rings. The van der Waals surface area contributed by atoms with Crippen molar-refractivity contribution in [2.45, 2.75) is 51.0 Å². The lowest BCUT2D eigenvalue weighted by Crippen LogP contribution is -2.33. The second kappa shape index (κ2) is 3.11. The molecule has 0 bridgehead atoms. The summed E-state index contributed by atoms with van der Waals surface area (Å²) < 4.78 is 0. The van der Waals surface area contributed by atoms with E-state index >= 15 is 0 Å². The highest BCUT2D eigenvalue weighted by molar-refractivity contribution is 6.03. The van der Waals surface area contributed by atoms with Gasteiger partial charge in [0.25, 0.3) is 0 Å². The Morgan fingerprint density at radius 2 is 1.93 bits per heavy atom. The Bertz CT molecular complexity index is 314. The fourth-order valence-corrected chi connectivity index (χ4v) is 3.23. The lowest BCUT2D eigenvalue weighted by molar-refractivity contribution is 0.342. The van der Waals surface area contributed by atoms with Gasteiger partial charge in [0.05, 0.1) is 6.04 Å². The van der Waals surface area contributed by atoms with Gasteiger partial charge in [0.15, 0.2) is 0 Å². The maximum atomic E-state index is 6.27. The SMILES string of the molecule is NC1=C2CCCC2=N[C@H]2CCCC[C@@H]12. The minimum Gasteiger partial charge on any atom is -0.401 e. The first kappa shape index (κ1) is 8.51. The third kappa shape index (κ3) is 1.13. The number of nitrogens with two attached hydrogens (primary N) is 1. The largest absolute Gasteiger partial charge is 0.401 e. The van der Waals surface area contributed by atoms with Gasteiger partial charge in [0.2, 0.25) is 0 Å². The average Bonchev–Trinajstić information content (AvgIpc) is 2.66. The molecule has 0 aromatic carbocycles. The fourth-order valence-electron chi connectivity index (χ4n) is 3.23. The predicted molar refractivity (Wildman–Crippen MR) is 58.2 cm³/mol. The van der Waals surface area contributed by atoms with Crippen molar-refractivity contribution in [3.8, 4) is 0 Å². The Kier molecular flexibility index (Phi) is 1.89. The van der Waals surface area contributed by atoms with E-state index in [0.29, 0.717) is 12.0 Å². The van der Waals surface area contributed by atoms with Gasteiger partial charge in [-0.25, -0.2) is 0 Å². The highest BCUT2D eigenvalue weighted by Crippen LogP contribution is 2.39. The van der Waals surface area contributed by atoms with Crippen LogP contribution in [0.1, 0.15) is 44.9 Å². The molecule has 0 aromatic heterocycles. The van der Waals surface area contributed by atoms with E-state index in [2.05, 4.69) is 0 Å². The van der Waals surface area contributed by atoms with Crippen LogP contribution in [-0.2, 0) is 0 Å². The van der Waals surface area contributed by atoms with Crippen LogP contribution >= 0.6 is 0 Å². The molecule has 2 nitrogen and oxygen atoms in total. The molecule has 76 valence electrons. The van der Waals surface area contributed by atoms with Crippen molar-refractivity contribution in [1.29, 1.82) is 0 Å². The van der Waals surface area contributed by atoms with Gasteiger partial charge in [0, 0.05) is 17.3 Å². The van der Waals surface area contributed by atoms with Crippen LogP contribution in [0.3, 0.4) is 0 Å². The molecule has 0 amide bonds. The third-order valence-corrected chi connectivity index (χ3v) is 3.99. The van der Waals surface area contributed by atoms with Gasteiger partial charge in [-0.15, -0.1) is 0 Å². The Labute approximate surface area is 85.3 Å². The molecule has 1 aliphatic heterocycles. The van der Waals surface area contributed by atoms with Crippen molar-refractivity contribution >= 4 is 5.71 Å². The number of allylic oxidation sites excluding steroid dienone is 1. The second-order valence-corrected chi connectivity index (χ2v) is 4.82. The zero-order valence-corrected chi connectivity index (χ0v) is 8.63. The topological polar surface area (TPSA) is 38.4 Å². The van der Waals surface area contributed by atoms with E-state index < -0.39 is 0 Å². The van der Waals surface area contributed by atoms with Crippen molar-refractivity contribution in [3.05, 3.63) is 11.3 Å². The van der Waals surface area contributed by atoms with E-state index in [-0.39, 0.29) is 0 Å². The Morgan fingerprint density at radius 1 is 1.07 bits per heavy atom. The van der Waals surface area contributed by atoms with Gasteiger partial charge in [-0.05, 0) is 37.7 Å². The molecule has 2 N–H and O–H groups in total. The Morgan fingerprint density at radius 3 is 2.86 bits per heavy atom. The number of nitrogens with zero attached hydrogens (tertiary/aromatic N) is 1. The van der Waals surface area contributed by atoms with Gasteiger partial charge in [-0.2, -0.15) is 0 Å². The van der Waals surface area contributed by atoms with E-state index in [1.807, 2.05) is 0 Å². The molecular weight excluding hydrogens is 172 g/mol. The second-order valence-electron chi connectivity index (χ2n) is 4.82. The van der Waals surface area contributed by atoms with E-state index in [0.717, 1.165) is 0 Å². The zero-order chi connectivity index (χ0) is 9.54. The first-order chi connectivity index (χ1) is 6.86. The Balaban J connectivity index is 1.98. The highest BCUT2D eigenvalue weighted by Gasteiger charge is 2.34. The maximum absolute atomic E-state index is 6.27. The molecule has 2 heteroatoms. The van der Waals surface area contributed by atoms with Crippen LogP contribution in [0.2, 0.25) is 0 Å². The van der Waals surface area contributed by atoms with Crippen LogP contribution in [0.25, 0.3) is 0 Å². The average molecular weight is 190 g/mol. The number of dihydropyridines is 1. The van der Waals surface area contributed by atoms with Crippen molar-refractivity contribution in [2.24, 2.45) is 16.6 Å². The molecule has 2 saturated carbocycles. The van der Waals surface area contributed by atoms with Crippen molar-refractivity contribution in [3.63, 3.8) is 0 Å². The van der Waals surface area contributed by atoms with E-state index in [9.17, 15) is 0 Å². The summed E-state index contributed by atoms with van der Waals surface area (Å²) in [4.78, 5) is 4.89. The first-order valence-corrected chi connectivity index (χ1v) is 5.92. The summed E-state index contributed by atoms with van der Waals surface area (Å²) in [5.41, 5.74) is 10.3. The quantitative estimate of drug-likeness (QED) is 0.626. The third-order valence-electron chi connectivity index (χ3n) is 3.99. The number of hydrogen-bond donors (Lipinski definition) is 1. The van der Waals surface area contributed by atoms with Gasteiger partial charge in [-0.3, -0.25) is 4.99 Å². The molecule has 2 aliphatic carbocycles. The van der Waals surface area contributed by atoms with Gasteiger partial charge >= 0.3 is 0 Å². The summed E-state index contributed by atoms with van der Waals surface area (Å²) in [6.45, 7) is 0. The minimum absolute atomic E-state index is 0.542. The molecule has 1 heterocycles. The lowest BCUT2D eigenvalue weighted by Gasteiger charge is -2.33. The number of aliphatic imine (C=N–C) groups is 1. The van der Waals surface area contributed by atoms with Crippen LogP contribution in [0.15, 0.2) is 16.3 Å². The molecule has 0 saturated heterocycles. The number of fused-ring (bicyclic) bond motifs is 2. The fraction of sp³-hybridized carbons (Fsp3) is 0.750. The maximum Gasteiger partial charge on any atom is 0.0585 e. The smallest absolute Gasteiger partial charge is 0.0585 e. The lowest BCUT2D eigenvalue weighted by atomic mass is 9.79. The van der Waals surface area contributed by atoms with Crippen LogP contribution in [0, 0.1) is 5.92 Å². The van der Waals surface area contributed by atoms with Crippen molar-refractivity contribution in [2.75, 3.05) is 0 Å². The van der Waals surface area contributed by atoms with E-state index in [4.69, 9.17) is 10.7 Å². The molecule has 0 unspecified atom stereocenters. The van der Waals surface area contributed by atoms with Gasteiger partial charge in [-0.1, -0.05) is 12.8 Å². The first-order valence-electron chi connectivity index (χ1n) is 5.92. The molecule has 0 radical (unpaired) electrons. The molecule has 0 aromatic rings. The standard InChI is InChI=1S/C12H18N2/c13-12-8-4-1-2-6-10(8)14-11-7-3-5-9(11)12/h8,10H,1-7,13H2/t8-,10+/m1/s1. The number of hydrogen-bond acceptors (Lipinski definition) is 2. The van der Waals surface area contributed by atoms with E-state index in [1.54, 1.807) is 0 Å². The van der Waals surface area contributed by atoms with Crippen LogP contribution in [0.5, 0.6) is 0 Å². The van der Waals surface area contributed by atoms with Gasteiger partial charge < -0.3 is 5.73 Å². The van der Waals surface area contributed by atoms with Gasteiger partial charge in [0.1, 0.15) is 0 Å². The molecular formula is C12H18N2. The normalized spacial score (nSPS) is 36.4. The summed E-state index contributed by atoms with van der Waals surface area (Å²) >= 11 is 0. The molecule has 2 atom stereocenters. The summed E-state index contributed by atoms with van der Waals surface area (Å²) in [7, 11) is 0. The Hall–Kier alpha value is -0.790. The van der Waals surface area contributed by atoms with E-state index in [1.165, 1.54) is 61.9 Å². The van der Waals surface area contributed by atoms with Crippen LogP contribution in [0.4, 0.5) is 0 Å². The molecule has 3 rings (SSSR count). The molecule has 0 spiro atoms. The minimum atomic E-state index is 0.542. The molecule has 3 aliphatic rings.